The third kappa shape index (κ3) is 25.0. The fourth-order valence-corrected chi connectivity index (χ4v) is 3.20. The Balaban J connectivity index is 3.48. The summed E-state index contributed by atoms with van der Waals surface area (Å²) >= 11 is 0. The van der Waals surface area contributed by atoms with Gasteiger partial charge in [0.15, 0.2) is 0 Å². The number of nitrogens with one attached hydrogen (secondary N) is 5. The molecule has 2 unspecified atom stereocenters. The number of carbonyl (C=O) groups is 5. The molecule has 0 aliphatic rings. The molecule has 0 rings (SSSR count). The van der Waals surface area contributed by atoms with Crippen molar-refractivity contribution in [2.75, 3.05) is 79.0 Å². The van der Waals surface area contributed by atoms with Gasteiger partial charge in [0, 0.05) is 32.6 Å². The van der Waals surface area contributed by atoms with Crippen LogP contribution in [0.15, 0.2) is 0 Å². The van der Waals surface area contributed by atoms with Gasteiger partial charge in [0.2, 0.25) is 17.7 Å². The first kappa shape index (κ1) is 39.3. The van der Waals surface area contributed by atoms with Crippen LogP contribution >= 0.6 is 0 Å². The van der Waals surface area contributed by atoms with Crippen LogP contribution in [0.4, 0.5) is 0 Å². The van der Waals surface area contributed by atoms with E-state index in [1.54, 1.807) is 6.92 Å². The van der Waals surface area contributed by atoms with Gasteiger partial charge in [0.25, 0.3) is 0 Å². The molecule has 2 atom stereocenters. The molecule has 16 nitrogen and oxygen atoms in total. The maximum atomic E-state index is 11.8. The number of Topliss-reactive ketones (excluding diaryl/α,β-unsaturated/α-hetero) is 1. The van der Waals surface area contributed by atoms with Gasteiger partial charge in [-0.2, -0.15) is 0 Å². The number of hydrazine groups is 1. The van der Waals surface area contributed by atoms with Gasteiger partial charge in [-0.05, 0) is 32.6 Å². The molecule has 0 aromatic carbocycles. The number of carboxylic acid groups (broad SMARTS) is 1. The lowest BCUT2D eigenvalue weighted by Crippen LogP contribution is -2.44. The van der Waals surface area contributed by atoms with Crippen LogP contribution in [-0.2, 0) is 42.9 Å². The summed E-state index contributed by atoms with van der Waals surface area (Å²) in [4.78, 5) is 57.2. The summed E-state index contributed by atoms with van der Waals surface area (Å²) in [6, 6.07) is -1.29. The Kier molecular flexibility index (Phi) is 25.4. The second kappa shape index (κ2) is 27.1. The smallest absolute Gasteiger partial charge is 0.320 e. The van der Waals surface area contributed by atoms with Crippen LogP contribution in [0.2, 0.25) is 0 Å². The van der Waals surface area contributed by atoms with Crippen LogP contribution in [0.25, 0.3) is 0 Å². The molecule has 0 aromatic rings. The molecule has 0 radical (unpaired) electrons. The van der Waals surface area contributed by atoms with Gasteiger partial charge < -0.3 is 45.7 Å². The van der Waals surface area contributed by atoms with Gasteiger partial charge >= 0.3 is 5.97 Å². The van der Waals surface area contributed by atoms with E-state index in [1.165, 1.54) is 0 Å². The molecule has 0 heterocycles. The minimum atomic E-state index is -1.15. The maximum absolute atomic E-state index is 11.8. The Morgan fingerprint density at radius 3 is 1.76 bits per heavy atom. The summed E-state index contributed by atoms with van der Waals surface area (Å²) in [6.07, 6.45) is 2.33. The number of amides is 3. The molecule has 0 spiro atoms. The molecule has 0 aliphatic heterocycles. The maximum Gasteiger partial charge on any atom is 0.320 e. The minimum absolute atomic E-state index is 0.0201. The predicted molar refractivity (Wildman–Crippen MR) is 152 cm³/mol. The number of ether oxygens (including phenoxy) is 4. The highest BCUT2D eigenvalue weighted by Gasteiger charge is 2.13. The van der Waals surface area contributed by atoms with Crippen molar-refractivity contribution < 1.29 is 48.0 Å². The summed E-state index contributed by atoms with van der Waals surface area (Å²) in [5, 5.41) is 16.7. The lowest BCUT2D eigenvalue weighted by atomic mass is 10.1. The molecular formula is C26H50N6O10. The normalized spacial score (nSPS) is 12.4. The zero-order valence-corrected chi connectivity index (χ0v) is 24.9. The van der Waals surface area contributed by atoms with Gasteiger partial charge in [0.1, 0.15) is 25.0 Å². The van der Waals surface area contributed by atoms with Crippen molar-refractivity contribution in [1.82, 2.24) is 26.8 Å². The Morgan fingerprint density at radius 1 is 0.714 bits per heavy atom. The third-order valence-corrected chi connectivity index (χ3v) is 5.53. The van der Waals surface area contributed by atoms with E-state index in [-0.39, 0.29) is 102 Å². The van der Waals surface area contributed by atoms with Gasteiger partial charge in [-0.15, -0.1) is 0 Å². The molecule has 0 aromatic heterocycles. The fourth-order valence-electron chi connectivity index (χ4n) is 3.20. The van der Waals surface area contributed by atoms with Crippen LogP contribution < -0.4 is 32.5 Å². The lowest BCUT2D eigenvalue weighted by molar-refractivity contribution is -0.138. The number of carboxylic acids is 1. The highest BCUT2D eigenvalue weighted by Crippen LogP contribution is 2.01. The Hall–Kier alpha value is -2.73. The first-order chi connectivity index (χ1) is 20.2. The summed E-state index contributed by atoms with van der Waals surface area (Å²) < 4.78 is 21.1. The largest absolute Gasteiger partial charge is 0.480 e. The Morgan fingerprint density at radius 2 is 1.24 bits per heavy atom. The summed E-state index contributed by atoms with van der Waals surface area (Å²) in [5.41, 5.74) is 11.3. The fraction of sp³-hybridized carbons (Fsp3) is 0.808. The Bertz CT molecular complexity index is 774. The number of nitrogens with two attached hydrogens (primary N) is 1. The van der Waals surface area contributed by atoms with Gasteiger partial charge in [-0.25, -0.2) is 5.43 Å². The van der Waals surface area contributed by atoms with Crippen molar-refractivity contribution >= 4 is 29.5 Å². The van der Waals surface area contributed by atoms with E-state index >= 15 is 0 Å². The first-order valence-corrected chi connectivity index (χ1v) is 14.3. The van der Waals surface area contributed by atoms with Crippen LogP contribution in [0.5, 0.6) is 0 Å². The minimum Gasteiger partial charge on any atom is -0.480 e. The van der Waals surface area contributed by atoms with Crippen LogP contribution in [-0.4, -0.2) is 126 Å². The average Bonchev–Trinajstić information content (AvgIpc) is 2.95. The van der Waals surface area contributed by atoms with Gasteiger partial charge in [0.05, 0.1) is 45.7 Å². The van der Waals surface area contributed by atoms with Gasteiger partial charge in [-0.1, -0.05) is 6.92 Å². The second-order valence-corrected chi connectivity index (χ2v) is 9.20. The quantitative estimate of drug-likeness (QED) is 0.0356. The summed E-state index contributed by atoms with van der Waals surface area (Å²) in [5.74, 6) is -1.90. The lowest BCUT2D eigenvalue weighted by Gasteiger charge is -2.15. The summed E-state index contributed by atoms with van der Waals surface area (Å²) in [7, 11) is 0. The average molecular weight is 607 g/mol. The zero-order chi connectivity index (χ0) is 31.4. The van der Waals surface area contributed by atoms with Crippen molar-refractivity contribution in [3.63, 3.8) is 0 Å². The van der Waals surface area contributed by atoms with Crippen molar-refractivity contribution in [2.24, 2.45) is 5.73 Å². The number of hydrogen-bond acceptors (Lipinski definition) is 12. The SMILES string of the molecule is CCNNC(CCCCNC(=O)COCCOCCNC(=O)COCCOCCNC(=O)CCC(N)C(=O)O)C(C)=O. The van der Waals surface area contributed by atoms with E-state index in [4.69, 9.17) is 29.8 Å². The number of aliphatic carboxylic acids is 1. The molecule has 0 saturated carbocycles. The molecule has 0 aliphatic carbocycles. The zero-order valence-electron chi connectivity index (χ0n) is 24.9. The number of hydrogen-bond donors (Lipinski definition) is 7. The number of carbonyl (C=O) groups excluding carboxylic acids is 4. The van der Waals surface area contributed by atoms with E-state index in [1.807, 2.05) is 6.92 Å². The van der Waals surface area contributed by atoms with Crippen LogP contribution in [0.1, 0.15) is 46.0 Å². The van der Waals surface area contributed by atoms with Crippen molar-refractivity contribution in [1.29, 1.82) is 0 Å². The van der Waals surface area contributed by atoms with E-state index in [2.05, 4.69) is 26.8 Å². The monoisotopic (exact) mass is 606 g/mol. The third-order valence-electron chi connectivity index (χ3n) is 5.53. The van der Waals surface area contributed by atoms with Crippen molar-refractivity contribution in [3.8, 4) is 0 Å². The van der Waals surface area contributed by atoms with Gasteiger partial charge in [-0.3, -0.25) is 29.4 Å². The van der Waals surface area contributed by atoms with E-state index in [9.17, 15) is 24.0 Å². The van der Waals surface area contributed by atoms with Crippen molar-refractivity contribution in [2.45, 2.75) is 58.0 Å². The number of unbranched alkanes of at least 4 members (excludes halogenated alkanes) is 1. The molecule has 244 valence electrons. The predicted octanol–water partition coefficient (Wildman–Crippen LogP) is -2.16. The molecule has 8 N–H and O–H groups in total. The highest BCUT2D eigenvalue weighted by molar-refractivity contribution is 5.81. The molecule has 0 saturated heterocycles. The van der Waals surface area contributed by atoms with Crippen LogP contribution in [0, 0.1) is 0 Å². The first-order valence-electron chi connectivity index (χ1n) is 14.3. The molecule has 42 heavy (non-hydrogen) atoms. The molecule has 0 fully saturated rings. The number of rotatable bonds is 29. The standard InChI is InChI=1S/C26H50N6O10/c1-3-31-32-22(20(2)33)6-4-5-9-28-24(35)18-41-16-15-40-13-11-30-25(36)19-42-17-14-39-12-10-29-23(34)8-7-21(27)26(37)38/h21-22,31-32H,3-19,27H2,1-2H3,(H,28,35)(H,29,34)(H,30,36)(H,37,38). The van der Waals surface area contributed by atoms with Crippen molar-refractivity contribution in [3.05, 3.63) is 0 Å². The Labute approximate surface area is 247 Å². The van der Waals surface area contributed by atoms with E-state index in [0.717, 1.165) is 19.4 Å². The van der Waals surface area contributed by atoms with E-state index < -0.39 is 12.0 Å². The molecule has 16 heteroatoms. The van der Waals surface area contributed by atoms with Crippen LogP contribution in [0.3, 0.4) is 0 Å². The molecular weight excluding hydrogens is 556 g/mol. The molecule has 3 amide bonds. The number of ketones is 1. The molecule has 0 bridgehead atoms. The summed E-state index contributed by atoms with van der Waals surface area (Å²) in [6.45, 7) is 6.57. The topological polar surface area (TPSA) is 229 Å². The second-order valence-electron chi connectivity index (χ2n) is 9.20. The van der Waals surface area contributed by atoms with E-state index in [0.29, 0.717) is 19.5 Å². The highest BCUT2D eigenvalue weighted by atomic mass is 16.5.